The highest BCUT2D eigenvalue weighted by Gasteiger charge is 2.32. The second-order valence-electron chi connectivity index (χ2n) is 7.07. The summed E-state index contributed by atoms with van der Waals surface area (Å²) in [6, 6.07) is 8.72. The maximum atomic E-state index is 12.5. The smallest absolute Gasteiger partial charge is 0.399 e. The molecule has 0 saturated carbocycles. The van der Waals surface area contributed by atoms with Crippen LogP contribution in [0.3, 0.4) is 0 Å². The van der Waals surface area contributed by atoms with Crippen molar-refractivity contribution in [2.75, 3.05) is 36.1 Å². The van der Waals surface area contributed by atoms with E-state index >= 15 is 0 Å². The van der Waals surface area contributed by atoms with E-state index < -0.39 is 6.09 Å². The fourth-order valence-corrected chi connectivity index (χ4v) is 4.77. The number of amides is 3. The molecule has 1 aromatic heterocycles. The highest BCUT2D eigenvalue weighted by Crippen LogP contribution is 2.30. The molecular weight excluding hydrogens is 474 g/mol. The molecular formula is C20H20BrN3O5S. The van der Waals surface area contributed by atoms with E-state index in [4.69, 9.17) is 9.47 Å². The molecule has 2 aromatic rings. The van der Waals surface area contributed by atoms with Gasteiger partial charge >= 0.3 is 6.09 Å². The average molecular weight is 494 g/mol. The third-order valence-corrected chi connectivity index (χ3v) is 6.46. The number of morpholine rings is 1. The van der Waals surface area contributed by atoms with Crippen LogP contribution >= 0.6 is 27.3 Å². The quantitative estimate of drug-likeness (QED) is 0.706. The largest absolute Gasteiger partial charge is 0.413 e. The lowest BCUT2D eigenvalue weighted by Gasteiger charge is -2.29. The molecule has 4 rings (SSSR count). The van der Waals surface area contributed by atoms with Gasteiger partial charge in [-0.15, -0.1) is 0 Å². The zero-order chi connectivity index (χ0) is 21.3. The Bertz CT molecular complexity index is 995. The van der Waals surface area contributed by atoms with Gasteiger partial charge < -0.3 is 24.6 Å². The minimum absolute atomic E-state index is 0.0742. The number of aryl methyl sites for hydroxylation is 1. The number of carbonyl (C=O) groups excluding carboxylic acids is 3. The van der Waals surface area contributed by atoms with Crippen LogP contribution in [0.4, 0.5) is 16.2 Å². The summed E-state index contributed by atoms with van der Waals surface area (Å²) in [5.74, 6) is -0.149. The summed E-state index contributed by atoms with van der Waals surface area (Å²) in [5.41, 5.74) is 2.45. The van der Waals surface area contributed by atoms with Crippen molar-refractivity contribution in [1.29, 1.82) is 0 Å². The van der Waals surface area contributed by atoms with Crippen molar-refractivity contribution >= 4 is 56.5 Å². The fourth-order valence-electron chi connectivity index (χ4n) is 3.58. The highest BCUT2D eigenvalue weighted by atomic mass is 79.9. The molecule has 0 bridgehead atoms. The van der Waals surface area contributed by atoms with Gasteiger partial charge in [-0.1, -0.05) is 11.3 Å². The minimum Gasteiger partial charge on any atom is -0.399 e. The molecule has 0 spiro atoms. The number of rotatable bonds is 4. The Morgan fingerprint density at radius 3 is 2.77 bits per heavy atom. The van der Waals surface area contributed by atoms with Gasteiger partial charge in [-0.25, -0.2) is 4.79 Å². The summed E-state index contributed by atoms with van der Waals surface area (Å²) in [6.07, 6.45) is -0.382. The summed E-state index contributed by atoms with van der Waals surface area (Å²) < 4.78 is 11.3. The van der Waals surface area contributed by atoms with Crippen LogP contribution in [0.2, 0.25) is 0 Å². The minimum atomic E-state index is -0.582. The first-order valence-electron chi connectivity index (χ1n) is 9.43. The predicted molar refractivity (Wildman–Crippen MR) is 116 cm³/mol. The summed E-state index contributed by atoms with van der Waals surface area (Å²) in [5, 5.41) is 3.23. The molecule has 8 nitrogen and oxygen atoms in total. The van der Waals surface area contributed by atoms with Crippen LogP contribution < -0.4 is 19.9 Å². The maximum absolute atomic E-state index is 12.5. The van der Waals surface area contributed by atoms with E-state index in [1.54, 1.807) is 21.9 Å². The summed E-state index contributed by atoms with van der Waals surface area (Å²) in [7, 11) is 0. The van der Waals surface area contributed by atoms with Crippen molar-refractivity contribution in [3.63, 3.8) is 0 Å². The Labute approximate surface area is 185 Å². The molecule has 3 heterocycles. The number of hydrogen-bond donors (Lipinski definition) is 1. The molecule has 0 aliphatic carbocycles. The van der Waals surface area contributed by atoms with Crippen LogP contribution in [0.5, 0.6) is 5.06 Å². The third-order valence-electron chi connectivity index (χ3n) is 4.96. The van der Waals surface area contributed by atoms with Crippen LogP contribution in [-0.2, 0) is 14.3 Å². The number of hydrogen-bond acceptors (Lipinski definition) is 6. The number of halogens is 1. The van der Waals surface area contributed by atoms with E-state index in [1.165, 1.54) is 11.3 Å². The van der Waals surface area contributed by atoms with Crippen LogP contribution in [0, 0.1) is 6.92 Å². The summed E-state index contributed by atoms with van der Waals surface area (Å²) in [6.45, 7) is 3.36. The lowest BCUT2D eigenvalue weighted by Crippen LogP contribution is -2.42. The molecule has 158 valence electrons. The second-order valence-corrected chi connectivity index (χ2v) is 9.49. The number of thiophene rings is 1. The van der Waals surface area contributed by atoms with Crippen LogP contribution in [0.1, 0.15) is 12.0 Å². The van der Waals surface area contributed by atoms with Crippen LogP contribution in [-0.4, -0.2) is 50.3 Å². The van der Waals surface area contributed by atoms with Crippen molar-refractivity contribution in [3.05, 3.63) is 39.7 Å². The number of anilines is 2. The summed E-state index contributed by atoms with van der Waals surface area (Å²) in [4.78, 5) is 40.1. The third kappa shape index (κ3) is 4.50. The normalized spacial score (nSPS) is 19.3. The topological polar surface area (TPSA) is 88.2 Å². The number of benzene rings is 1. The molecule has 10 heteroatoms. The van der Waals surface area contributed by atoms with E-state index in [1.807, 2.05) is 25.1 Å². The van der Waals surface area contributed by atoms with Crippen LogP contribution in [0.25, 0.3) is 0 Å². The van der Waals surface area contributed by atoms with Gasteiger partial charge in [0.25, 0.3) is 5.91 Å². The van der Waals surface area contributed by atoms with Gasteiger partial charge in [-0.05, 0) is 58.7 Å². The number of carbonyl (C=O) groups is 3. The number of nitrogens with zero attached hydrogens (tertiary/aromatic N) is 2. The van der Waals surface area contributed by atoms with Crippen molar-refractivity contribution in [2.24, 2.45) is 0 Å². The molecule has 1 unspecified atom stereocenters. The molecule has 30 heavy (non-hydrogen) atoms. The molecule has 2 aliphatic rings. The molecule has 0 radical (unpaired) electrons. The highest BCUT2D eigenvalue weighted by molar-refractivity contribution is 9.11. The van der Waals surface area contributed by atoms with Crippen molar-refractivity contribution in [3.8, 4) is 5.06 Å². The summed E-state index contributed by atoms with van der Waals surface area (Å²) >= 11 is 4.63. The van der Waals surface area contributed by atoms with Gasteiger partial charge in [0.05, 0.1) is 16.4 Å². The molecule has 2 saturated heterocycles. The monoisotopic (exact) mass is 493 g/mol. The van der Waals surface area contributed by atoms with E-state index in [0.29, 0.717) is 24.8 Å². The fraction of sp³-hybridized carbons (Fsp3) is 0.350. The van der Waals surface area contributed by atoms with Gasteiger partial charge in [-0.2, -0.15) is 0 Å². The van der Waals surface area contributed by atoms with Gasteiger partial charge in [0.2, 0.25) is 5.91 Å². The van der Waals surface area contributed by atoms with E-state index in [9.17, 15) is 14.4 Å². The van der Waals surface area contributed by atoms with Crippen molar-refractivity contribution in [1.82, 2.24) is 5.32 Å². The predicted octanol–water partition coefficient (Wildman–Crippen LogP) is 3.08. The van der Waals surface area contributed by atoms with Gasteiger partial charge in [0.1, 0.15) is 6.61 Å². The zero-order valence-electron chi connectivity index (χ0n) is 16.2. The average Bonchev–Trinajstić information content (AvgIpc) is 3.27. The van der Waals surface area contributed by atoms with E-state index in [0.717, 1.165) is 20.7 Å². The Hall–Kier alpha value is -2.43. The zero-order valence-corrected chi connectivity index (χ0v) is 18.6. The lowest BCUT2D eigenvalue weighted by atomic mass is 10.1. The lowest BCUT2D eigenvalue weighted by molar-refractivity contribution is -0.125. The van der Waals surface area contributed by atoms with E-state index in [-0.39, 0.29) is 30.9 Å². The van der Waals surface area contributed by atoms with Gasteiger partial charge in [-0.3, -0.25) is 9.59 Å². The standard InChI is InChI=1S/C20H20BrN3O5S/c1-12-8-14(2-3-15(12)23-6-7-28-11-18(23)26)24-10-13(9-17(24)25)22-20(27)29-19-5-4-16(21)30-19/h2-5,8,13H,6-7,9-11H2,1H3,(H,22,27). The van der Waals surface area contributed by atoms with Crippen LogP contribution in [0.15, 0.2) is 34.1 Å². The first-order chi connectivity index (χ1) is 14.4. The number of nitrogens with one attached hydrogen (secondary N) is 1. The first-order valence-corrected chi connectivity index (χ1v) is 11.0. The molecule has 1 atom stereocenters. The number of ether oxygens (including phenoxy) is 2. The maximum Gasteiger partial charge on any atom is 0.413 e. The van der Waals surface area contributed by atoms with Crippen molar-refractivity contribution in [2.45, 2.75) is 19.4 Å². The molecule has 1 aromatic carbocycles. The molecule has 3 amide bonds. The molecule has 2 aliphatic heterocycles. The van der Waals surface area contributed by atoms with Gasteiger partial charge in [0.15, 0.2) is 5.06 Å². The molecule has 1 N–H and O–H groups in total. The Kier molecular flexibility index (Phi) is 6.07. The first kappa shape index (κ1) is 20.8. The van der Waals surface area contributed by atoms with Gasteiger partial charge in [0, 0.05) is 30.9 Å². The SMILES string of the molecule is Cc1cc(N2CC(NC(=O)Oc3ccc(Br)s3)CC2=O)ccc1N1CCOCC1=O. The Morgan fingerprint density at radius 1 is 1.23 bits per heavy atom. The molecule has 2 fully saturated rings. The second kappa shape index (κ2) is 8.75. The van der Waals surface area contributed by atoms with Crippen molar-refractivity contribution < 1.29 is 23.9 Å². The Balaban J connectivity index is 1.40. The van der Waals surface area contributed by atoms with E-state index in [2.05, 4.69) is 21.2 Å². The Morgan fingerprint density at radius 2 is 2.07 bits per heavy atom.